The fourth-order valence-corrected chi connectivity index (χ4v) is 4.10. The molecule has 0 saturated heterocycles. The number of sulfonamides is 1. The zero-order valence-corrected chi connectivity index (χ0v) is 19.2. The summed E-state index contributed by atoms with van der Waals surface area (Å²) in [7, 11) is -3.71. The van der Waals surface area contributed by atoms with E-state index in [1.54, 1.807) is 24.3 Å². The van der Waals surface area contributed by atoms with Crippen molar-refractivity contribution in [2.45, 2.75) is 24.8 Å². The predicted octanol–water partition coefficient (Wildman–Crippen LogP) is 3.60. The van der Waals surface area contributed by atoms with Gasteiger partial charge in [0, 0.05) is 36.4 Å². The molecule has 0 spiro atoms. The Morgan fingerprint density at radius 2 is 1.42 bits per heavy atom. The lowest BCUT2D eigenvalue weighted by Crippen LogP contribution is -2.26. The van der Waals surface area contributed by atoms with Gasteiger partial charge in [0.2, 0.25) is 10.0 Å². The van der Waals surface area contributed by atoms with E-state index < -0.39 is 10.0 Å². The lowest BCUT2D eigenvalue weighted by atomic mass is 10.1. The number of carbonyl (C=O) groups excluding carboxylic acids is 2. The highest BCUT2D eigenvalue weighted by Crippen LogP contribution is 2.12. The highest BCUT2D eigenvalue weighted by atomic mass is 32.2. The number of benzene rings is 3. The van der Waals surface area contributed by atoms with Gasteiger partial charge in [0.15, 0.2) is 5.78 Å². The average Bonchev–Trinajstić information content (AvgIpc) is 2.83. The second-order valence-electron chi connectivity index (χ2n) is 7.50. The van der Waals surface area contributed by atoms with Gasteiger partial charge in [-0.1, -0.05) is 42.5 Å². The van der Waals surface area contributed by atoms with Crippen molar-refractivity contribution < 1.29 is 18.0 Å². The maximum Gasteiger partial charge on any atom is 0.251 e. The number of ketones is 1. The smallest absolute Gasteiger partial charge is 0.251 e. The molecule has 3 aromatic carbocycles. The van der Waals surface area contributed by atoms with E-state index in [1.165, 1.54) is 31.2 Å². The van der Waals surface area contributed by atoms with Crippen molar-refractivity contribution in [1.29, 1.82) is 0 Å². The zero-order valence-electron chi connectivity index (χ0n) is 18.4. The topological polar surface area (TPSA) is 104 Å². The molecule has 7 nitrogen and oxygen atoms in total. The Morgan fingerprint density at radius 1 is 0.788 bits per heavy atom. The Hall–Kier alpha value is -3.49. The molecule has 0 radical (unpaired) electrons. The fourth-order valence-electron chi connectivity index (χ4n) is 3.09. The summed E-state index contributed by atoms with van der Waals surface area (Å²) in [6.07, 6.45) is 0.786. The molecule has 0 aliphatic heterocycles. The van der Waals surface area contributed by atoms with E-state index in [2.05, 4.69) is 15.4 Å². The van der Waals surface area contributed by atoms with E-state index in [-0.39, 0.29) is 23.1 Å². The second-order valence-corrected chi connectivity index (χ2v) is 9.27. The third-order valence-electron chi connectivity index (χ3n) is 5.00. The summed E-state index contributed by atoms with van der Waals surface area (Å²) in [5.41, 5.74) is 2.73. The summed E-state index contributed by atoms with van der Waals surface area (Å²) >= 11 is 0. The largest absolute Gasteiger partial charge is 0.385 e. The SMILES string of the molecule is CC(=O)c1ccc(S(=O)(=O)NCc2ccc(C(=O)NCCCNc3ccccc3)cc2)cc1. The van der Waals surface area contributed by atoms with Gasteiger partial charge in [0.05, 0.1) is 4.90 Å². The molecule has 0 bridgehead atoms. The van der Waals surface area contributed by atoms with Crippen LogP contribution in [-0.2, 0) is 16.6 Å². The quantitative estimate of drug-likeness (QED) is 0.297. The first kappa shape index (κ1) is 24.2. The van der Waals surface area contributed by atoms with Crippen molar-refractivity contribution in [3.8, 4) is 0 Å². The summed E-state index contributed by atoms with van der Waals surface area (Å²) < 4.78 is 27.4. The number of hydrogen-bond acceptors (Lipinski definition) is 5. The molecule has 0 aliphatic rings. The lowest BCUT2D eigenvalue weighted by Gasteiger charge is -2.09. The van der Waals surface area contributed by atoms with Gasteiger partial charge < -0.3 is 10.6 Å². The summed E-state index contributed by atoms with van der Waals surface area (Å²) in [5, 5.41) is 6.17. The van der Waals surface area contributed by atoms with E-state index in [9.17, 15) is 18.0 Å². The number of nitrogens with one attached hydrogen (secondary N) is 3. The molecular formula is C25H27N3O4S. The Labute approximate surface area is 194 Å². The van der Waals surface area contributed by atoms with Crippen molar-refractivity contribution >= 4 is 27.4 Å². The number of rotatable bonds is 11. The molecule has 0 heterocycles. The van der Waals surface area contributed by atoms with Crippen LogP contribution in [0.2, 0.25) is 0 Å². The van der Waals surface area contributed by atoms with Gasteiger partial charge >= 0.3 is 0 Å². The van der Waals surface area contributed by atoms with Crippen LogP contribution >= 0.6 is 0 Å². The molecule has 0 unspecified atom stereocenters. The normalized spacial score (nSPS) is 11.1. The van der Waals surface area contributed by atoms with Gasteiger partial charge in [-0.05, 0) is 55.3 Å². The van der Waals surface area contributed by atoms with Gasteiger partial charge in [-0.15, -0.1) is 0 Å². The summed E-state index contributed by atoms with van der Waals surface area (Å²) in [6, 6.07) is 22.4. The fraction of sp³-hybridized carbons (Fsp3) is 0.200. The van der Waals surface area contributed by atoms with Crippen LogP contribution < -0.4 is 15.4 Å². The van der Waals surface area contributed by atoms with Crippen molar-refractivity contribution in [2.75, 3.05) is 18.4 Å². The third kappa shape index (κ3) is 7.27. The summed E-state index contributed by atoms with van der Waals surface area (Å²) in [5.74, 6) is -0.299. The third-order valence-corrected chi connectivity index (χ3v) is 6.41. The highest BCUT2D eigenvalue weighted by molar-refractivity contribution is 7.89. The number of hydrogen-bond donors (Lipinski definition) is 3. The molecule has 3 aromatic rings. The highest BCUT2D eigenvalue weighted by Gasteiger charge is 2.14. The molecule has 8 heteroatoms. The standard InChI is InChI=1S/C25H27N3O4S/c1-19(29)21-12-14-24(15-13-21)33(31,32)28-18-20-8-10-22(11-9-20)25(30)27-17-5-16-26-23-6-3-2-4-7-23/h2-4,6-15,26,28H,5,16-18H2,1H3,(H,27,30). The van der Waals surface area contributed by atoms with Crippen LogP contribution in [0.4, 0.5) is 5.69 Å². The van der Waals surface area contributed by atoms with Crippen LogP contribution in [0.15, 0.2) is 83.8 Å². The first-order valence-corrected chi connectivity index (χ1v) is 12.1. The van der Waals surface area contributed by atoms with Crippen LogP contribution in [0.25, 0.3) is 0 Å². The van der Waals surface area contributed by atoms with Gasteiger partial charge in [0.1, 0.15) is 0 Å². The van der Waals surface area contributed by atoms with Gasteiger partial charge in [0.25, 0.3) is 5.91 Å². The van der Waals surface area contributed by atoms with Crippen molar-refractivity contribution in [2.24, 2.45) is 0 Å². The van der Waals surface area contributed by atoms with Gasteiger partial charge in [-0.25, -0.2) is 13.1 Å². The van der Waals surface area contributed by atoms with Crippen molar-refractivity contribution in [3.63, 3.8) is 0 Å². The lowest BCUT2D eigenvalue weighted by molar-refractivity contribution is 0.0952. The van der Waals surface area contributed by atoms with E-state index in [0.717, 1.165) is 24.2 Å². The molecule has 0 fully saturated rings. The van der Waals surface area contributed by atoms with E-state index in [4.69, 9.17) is 0 Å². The van der Waals surface area contributed by atoms with Crippen molar-refractivity contribution in [1.82, 2.24) is 10.0 Å². The molecule has 1 amide bonds. The molecule has 33 heavy (non-hydrogen) atoms. The van der Waals surface area contributed by atoms with Crippen LogP contribution in [0, 0.1) is 0 Å². The number of amides is 1. The minimum Gasteiger partial charge on any atom is -0.385 e. The predicted molar refractivity (Wildman–Crippen MR) is 129 cm³/mol. The molecule has 172 valence electrons. The second kappa shape index (κ2) is 11.4. The maximum absolute atomic E-state index is 12.5. The number of Topliss-reactive ketones (excluding diaryl/α,β-unsaturated/α-hetero) is 1. The monoisotopic (exact) mass is 465 g/mol. The first-order valence-electron chi connectivity index (χ1n) is 10.6. The summed E-state index contributed by atoms with van der Waals surface area (Å²) in [6.45, 7) is 2.81. The van der Waals surface area contributed by atoms with Gasteiger partial charge in [-0.2, -0.15) is 0 Å². The van der Waals surface area contributed by atoms with Crippen LogP contribution in [0.3, 0.4) is 0 Å². The molecule has 3 rings (SSSR count). The molecule has 0 aliphatic carbocycles. The van der Waals surface area contributed by atoms with E-state index >= 15 is 0 Å². The van der Waals surface area contributed by atoms with E-state index in [0.29, 0.717) is 17.7 Å². The van der Waals surface area contributed by atoms with Gasteiger partial charge in [-0.3, -0.25) is 9.59 Å². The van der Waals surface area contributed by atoms with E-state index in [1.807, 2.05) is 30.3 Å². The van der Waals surface area contributed by atoms with Crippen molar-refractivity contribution in [3.05, 3.63) is 95.6 Å². The van der Waals surface area contributed by atoms with Crippen LogP contribution in [-0.4, -0.2) is 33.2 Å². The Kier molecular flexibility index (Phi) is 8.34. The summed E-state index contributed by atoms with van der Waals surface area (Å²) in [4.78, 5) is 23.7. The first-order chi connectivity index (χ1) is 15.8. The van der Waals surface area contributed by atoms with Crippen LogP contribution in [0.1, 0.15) is 39.6 Å². The molecular weight excluding hydrogens is 438 g/mol. The zero-order chi connectivity index (χ0) is 23.7. The Bertz CT molecular complexity index is 1180. The number of carbonyl (C=O) groups is 2. The maximum atomic E-state index is 12.5. The molecule has 3 N–H and O–H groups in total. The Morgan fingerprint density at radius 3 is 2.06 bits per heavy atom. The molecule has 0 aromatic heterocycles. The number of para-hydroxylation sites is 1. The minimum atomic E-state index is -3.71. The molecule has 0 atom stereocenters. The van der Waals surface area contributed by atoms with Crippen LogP contribution in [0.5, 0.6) is 0 Å². The Balaban J connectivity index is 1.44. The minimum absolute atomic E-state index is 0.0872. The average molecular weight is 466 g/mol. The number of anilines is 1. The molecule has 0 saturated carbocycles.